The zero-order chi connectivity index (χ0) is 21.7. The van der Waals surface area contributed by atoms with Gasteiger partial charge in [-0.1, -0.05) is 53.2 Å². The van der Waals surface area contributed by atoms with E-state index in [1.54, 1.807) is 30.3 Å². The van der Waals surface area contributed by atoms with E-state index >= 15 is 0 Å². The predicted molar refractivity (Wildman–Crippen MR) is 122 cm³/mol. The average molecular weight is 461 g/mol. The van der Waals surface area contributed by atoms with Crippen LogP contribution in [0.25, 0.3) is 0 Å². The Morgan fingerprint density at radius 1 is 1.00 bits per heavy atom. The van der Waals surface area contributed by atoms with Crippen LogP contribution in [0.5, 0.6) is 0 Å². The number of carbonyl (C=O) groups is 1. The first-order valence-electron chi connectivity index (χ1n) is 9.11. The normalized spacial score (nSPS) is 11.5. The molecule has 0 radical (unpaired) electrons. The van der Waals surface area contributed by atoms with Gasteiger partial charge in [0.05, 0.1) is 17.1 Å². The molecular formula is C22H21ClN2O3S2. The van der Waals surface area contributed by atoms with Crippen LogP contribution in [0.15, 0.2) is 87.5 Å². The number of benzene rings is 3. The van der Waals surface area contributed by atoms with Gasteiger partial charge < -0.3 is 5.32 Å². The van der Waals surface area contributed by atoms with E-state index in [1.807, 2.05) is 37.3 Å². The van der Waals surface area contributed by atoms with E-state index in [0.717, 1.165) is 19.7 Å². The molecule has 3 aromatic rings. The third kappa shape index (κ3) is 5.64. The number of hydrogen-bond acceptors (Lipinski definition) is 4. The maximum absolute atomic E-state index is 12.7. The van der Waals surface area contributed by atoms with Crippen molar-refractivity contribution in [3.63, 3.8) is 0 Å². The monoisotopic (exact) mass is 460 g/mol. The number of aryl methyl sites for hydroxylation is 1. The second-order valence-electron chi connectivity index (χ2n) is 6.67. The van der Waals surface area contributed by atoms with E-state index in [1.165, 1.54) is 30.9 Å². The summed E-state index contributed by atoms with van der Waals surface area (Å²) in [6, 6.07) is 21.3. The van der Waals surface area contributed by atoms with Crippen LogP contribution < -0.4 is 5.32 Å². The molecule has 30 heavy (non-hydrogen) atoms. The molecule has 0 aliphatic carbocycles. The van der Waals surface area contributed by atoms with E-state index < -0.39 is 15.9 Å². The minimum absolute atomic E-state index is 0.155. The molecule has 0 aromatic heterocycles. The maximum atomic E-state index is 12.7. The van der Waals surface area contributed by atoms with Crippen molar-refractivity contribution in [1.82, 2.24) is 4.31 Å². The van der Waals surface area contributed by atoms with Crippen molar-refractivity contribution < 1.29 is 13.2 Å². The lowest BCUT2D eigenvalue weighted by Gasteiger charge is -2.18. The van der Waals surface area contributed by atoms with Gasteiger partial charge in [0.1, 0.15) is 0 Å². The van der Waals surface area contributed by atoms with E-state index in [4.69, 9.17) is 11.6 Å². The smallest absolute Gasteiger partial charge is 0.243 e. The number of sulfonamides is 1. The number of hydrogen-bond donors (Lipinski definition) is 1. The molecule has 0 saturated carbocycles. The summed E-state index contributed by atoms with van der Waals surface area (Å²) in [6.07, 6.45) is 0. The first-order valence-corrected chi connectivity index (χ1v) is 11.7. The Morgan fingerprint density at radius 3 is 2.30 bits per heavy atom. The number of likely N-dealkylation sites (N-methyl/N-ethyl adjacent to an activating group) is 1. The summed E-state index contributed by atoms with van der Waals surface area (Å²) in [5, 5.41) is 3.47. The highest BCUT2D eigenvalue weighted by molar-refractivity contribution is 7.99. The molecule has 0 atom stereocenters. The summed E-state index contributed by atoms with van der Waals surface area (Å²) in [7, 11) is -2.36. The molecule has 3 rings (SSSR count). The lowest BCUT2D eigenvalue weighted by atomic mass is 10.2. The quantitative estimate of drug-likeness (QED) is 0.535. The number of rotatable bonds is 7. The molecule has 0 unspecified atom stereocenters. The van der Waals surface area contributed by atoms with Gasteiger partial charge in [-0.2, -0.15) is 4.31 Å². The molecule has 0 bridgehead atoms. The van der Waals surface area contributed by atoms with Gasteiger partial charge in [0.15, 0.2) is 0 Å². The molecule has 0 fully saturated rings. The number of amides is 1. The lowest BCUT2D eigenvalue weighted by Crippen LogP contribution is -2.35. The SMILES string of the molecule is Cc1ccc(S(=O)(=O)N(C)CC(=O)Nc2ccccc2Sc2ccc(Cl)cc2)cc1. The van der Waals surface area contributed by atoms with Crippen LogP contribution in [0.1, 0.15) is 5.56 Å². The highest BCUT2D eigenvalue weighted by Crippen LogP contribution is 2.33. The topological polar surface area (TPSA) is 66.5 Å². The molecule has 0 saturated heterocycles. The molecule has 0 heterocycles. The van der Waals surface area contributed by atoms with E-state index in [2.05, 4.69) is 5.32 Å². The van der Waals surface area contributed by atoms with Gasteiger partial charge in [-0.3, -0.25) is 4.79 Å². The minimum atomic E-state index is -3.75. The number of para-hydroxylation sites is 1. The van der Waals surface area contributed by atoms with Crippen molar-refractivity contribution in [2.45, 2.75) is 21.6 Å². The van der Waals surface area contributed by atoms with E-state index in [0.29, 0.717) is 10.7 Å². The van der Waals surface area contributed by atoms with Gasteiger partial charge >= 0.3 is 0 Å². The standard InChI is InChI=1S/C22H21ClN2O3S2/c1-16-7-13-19(14-8-16)30(27,28)25(2)15-22(26)24-20-5-3-4-6-21(20)29-18-11-9-17(23)10-12-18/h3-14H,15H2,1-2H3,(H,24,26). The summed E-state index contributed by atoms with van der Waals surface area (Å²) in [5.41, 5.74) is 1.58. The Kier molecular flexibility index (Phi) is 7.20. The summed E-state index contributed by atoms with van der Waals surface area (Å²) < 4.78 is 26.4. The first-order chi connectivity index (χ1) is 14.3. The maximum Gasteiger partial charge on any atom is 0.243 e. The largest absolute Gasteiger partial charge is 0.324 e. The average Bonchev–Trinajstić information content (AvgIpc) is 2.71. The minimum Gasteiger partial charge on any atom is -0.324 e. The van der Waals surface area contributed by atoms with Gasteiger partial charge in [0.25, 0.3) is 0 Å². The Labute approximate surface area is 186 Å². The van der Waals surface area contributed by atoms with Crippen LogP contribution >= 0.6 is 23.4 Å². The molecule has 0 aliphatic rings. The highest BCUT2D eigenvalue weighted by Gasteiger charge is 2.23. The van der Waals surface area contributed by atoms with Crippen molar-refractivity contribution >= 4 is 45.0 Å². The molecule has 1 N–H and O–H groups in total. The summed E-state index contributed by atoms with van der Waals surface area (Å²) in [6.45, 7) is 1.59. The van der Waals surface area contributed by atoms with Gasteiger partial charge in [0.2, 0.25) is 15.9 Å². The predicted octanol–water partition coefficient (Wildman–Crippen LogP) is 5.06. The fourth-order valence-corrected chi connectivity index (χ4v) is 4.81. The lowest BCUT2D eigenvalue weighted by molar-refractivity contribution is -0.116. The van der Waals surface area contributed by atoms with Crippen molar-refractivity contribution in [3.8, 4) is 0 Å². The number of halogens is 1. The van der Waals surface area contributed by atoms with Gasteiger partial charge in [-0.25, -0.2) is 8.42 Å². The Bertz CT molecular complexity index is 1130. The zero-order valence-electron chi connectivity index (χ0n) is 16.5. The Morgan fingerprint density at radius 2 is 1.63 bits per heavy atom. The Hall–Kier alpha value is -2.32. The van der Waals surface area contributed by atoms with Crippen molar-refractivity contribution in [2.75, 3.05) is 18.9 Å². The van der Waals surface area contributed by atoms with E-state index in [9.17, 15) is 13.2 Å². The van der Waals surface area contributed by atoms with Crippen molar-refractivity contribution in [1.29, 1.82) is 0 Å². The Balaban J connectivity index is 1.70. The number of carbonyl (C=O) groups excluding carboxylic acids is 1. The van der Waals surface area contributed by atoms with Crippen LogP contribution in [-0.4, -0.2) is 32.2 Å². The molecule has 0 aliphatic heterocycles. The second-order valence-corrected chi connectivity index (χ2v) is 10.3. The fourth-order valence-electron chi connectivity index (χ4n) is 2.66. The summed E-state index contributed by atoms with van der Waals surface area (Å²) in [5.74, 6) is -0.419. The first kappa shape index (κ1) is 22.4. The molecular weight excluding hydrogens is 440 g/mol. The van der Waals surface area contributed by atoms with Crippen LogP contribution in [0.3, 0.4) is 0 Å². The van der Waals surface area contributed by atoms with Gasteiger partial charge in [-0.05, 0) is 55.5 Å². The number of nitrogens with zero attached hydrogens (tertiary/aromatic N) is 1. The van der Waals surface area contributed by atoms with Crippen molar-refractivity contribution in [3.05, 3.63) is 83.4 Å². The molecule has 156 valence electrons. The fraction of sp³-hybridized carbons (Fsp3) is 0.136. The molecule has 0 spiro atoms. The highest BCUT2D eigenvalue weighted by atomic mass is 35.5. The van der Waals surface area contributed by atoms with Gasteiger partial charge in [0, 0.05) is 21.9 Å². The number of anilines is 1. The second kappa shape index (κ2) is 9.66. The molecule has 8 heteroatoms. The van der Waals surface area contributed by atoms with E-state index in [-0.39, 0.29) is 11.4 Å². The third-order valence-corrected chi connectivity index (χ3v) is 7.45. The third-order valence-electron chi connectivity index (χ3n) is 4.30. The molecule has 3 aromatic carbocycles. The van der Waals surface area contributed by atoms with Crippen LogP contribution in [0, 0.1) is 6.92 Å². The summed E-state index contributed by atoms with van der Waals surface area (Å²) >= 11 is 7.41. The number of nitrogens with one attached hydrogen (secondary N) is 1. The van der Waals surface area contributed by atoms with Gasteiger partial charge in [-0.15, -0.1) is 0 Å². The zero-order valence-corrected chi connectivity index (χ0v) is 18.9. The molecule has 1 amide bonds. The van der Waals surface area contributed by atoms with Crippen LogP contribution in [0.2, 0.25) is 5.02 Å². The van der Waals surface area contributed by atoms with Crippen molar-refractivity contribution in [2.24, 2.45) is 0 Å². The van der Waals surface area contributed by atoms with Crippen LogP contribution in [-0.2, 0) is 14.8 Å². The molecule has 5 nitrogen and oxygen atoms in total. The summed E-state index contributed by atoms with van der Waals surface area (Å²) in [4.78, 5) is 14.5. The van der Waals surface area contributed by atoms with Crippen LogP contribution in [0.4, 0.5) is 5.69 Å².